The Morgan fingerprint density at radius 2 is 1.93 bits per heavy atom. The van der Waals surface area contributed by atoms with E-state index >= 15 is 0 Å². The van der Waals surface area contributed by atoms with Crippen molar-refractivity contribution in [2.75, 3.05) is 39.5 Å². The molecule has 0 radical (unpaired) electrons. The Morgan fingerprint density at radius 3 is 2.57 bits per heavy atom. The lowest BCUT2D eigenvalue weighted by atomic mass is 10.4. The molecule has 0 unspecified atom stereocenters. The Hall–Kier alpha value is -0.260. The smallest absolute Gasteiger partial charge is 0.261 e. The summed E-state index contributed by atoms with van der Waals surface area (Å²) in [5.74, 6) is 0. The van der Waals surface area contributed by atoms with Crippen LogP contribution in [0, 0.1) is 0 Å². The molecule has 0 spiro atoms. The van der Waals surface area contributed by atoms with Crippen molar-refractivity contribution >= 4 is 0 Å². The van der Waals surface area contributed by atoms with Gasteiger partial charge < -0.3 is 14.8 Å². The average molecular weight is 211 g/mol. The lowest BCUT2D eigenvalue weighted by Gasteiger charge is -2.05. The van der Waals surface area contributed by atoms with Crippen LogP contribution in [0.15, 0.2) is 0 Å². The molecule has 0 aliphatic carbocycles. The van der Waals surface area contributed by atoms with Crippen LogP contribution in [0.1, 0.15) is 13.3 Å². The minimum absolute atomic E-state index is 0.332. The van der Waals surface area contributed by atoms with E-state index in [-0.39, 0.29) is 0 Å². The minimum atomic E-state index is -2.37. The molecular weight excluding hydrogens is 192 g/mol. The number of ether oxygens (including phenoxy) is 2. The van der Waals surface area contributed by atoms with Crippen LogP contribution in [0.25, 0.3) is 0 Å². The van der Waals surface area contributed by atoms with E-state index in [4.69, 9.17) is 4.74 Å². The van der Waals surface area contributed by atoms with E-state index in [1.54, 1.807) is 0 Å². The summed E-state index contributed by atoms with van der Waals surface area (Å²) >= 11 is 0. The lowest BCUT2D eigenvalue weighted by molar-refractivity contribution is 0.0187. The summed E-state index contributed by atoms with van der Waals surface area (Å²) in [6.45, 7) is 4.72. The van der Waals surface area contributed by atoms with Crippen LogP contribution < -0.4 is 5.32 Å². The molecule has 0 saturated carbocycles. The number of nitrogens with one attached hydrogen (secondary N) is 1. The highest BCUT2D eigenvalue weighted by Gasteiger charge is 2.00. The van der Waals surface area contributed by atoms with Gasteiger partial charge in [0.05, 0.1) is 6.61 Å². The highest BCUT2D eigenvalue weighted by molar-refractivity contribution is 4.46. The second-order valence-corrected chi connectivity index (χ2v) is 2.77. The molecule has 0 aromatic carbocycles. The Kier molecular flexibility index (Phi) is 10.6. The molecule has 3 nitrogen and oxygen atoms in total. The SMILES string of the molecule is CCOCCCNCCOCC(F)F. The second-order valence-electron chi connectivity index (χ2n) is 2.77. The quantitative estimate of drug-likeness (QED) is 0.552. The molecule has 0 aliphatic rings. The summed E-state index contributed by atoms with van der Waals surface area (Å²) in [5, 5.41) is 3.07. The largest absolute Gasteiger partial charge is 0.382 e. The van der Waals surface area contributed by atoms with Crippen molar-refractivity contribution in [3.05, 3.63) is 0 Å². The van der Waals surface area contributed by atoms with Gasteiger partial charge in [0.1, 0.15) is 6.61 Å². The van der Waals surface area contributed by atoms with Crippen LogP contribution in [0.2, 0.25) is 0 Å². The predicted octanol–water partition coefficient (Wildman–Crippen LogP) is 1.28. The summed E-state index contributed by atoms with van der Waals surface area (Å²) in [7, 11) is 0. The summed E-state index contributed by atoms with van der Waals surface area (Å²) in [4.78, 5) is 0. The third kappa shape index (κ3) is 11.7. The minimum Gasteiger partial charge on any atom is -0.382 e. The molecule has 1 N–H and O–H groups in total. The summed E-state index contributed by atoms with van der Waals surface area (Å²) < 4.78 is 33.0. The summed E-state index contributed by atoms with van der Waals surface area (Å²) in [6.07, 6.45) is -1.43. The maximum absolute atomic E-state index is 11.6. The molecule has 0 rings (SSSR count). The van der Waals surface area contributed by atoms with E-state index in [1.165, 1.54) is 0 Å². The lowest BCUT2D eigenvalue weighted by Crippen LogP contribution is -2.22. The molecular formula is C9H19F2NO2. The van der Waals surface area contributed by atoms with E-state index in [0.717, 1.165) is 26.2 Å². The first-order chi connectivity index (χ1) is 6.77. The molecule has 0 aromatic rings. The van der Waals surface area contributed by atoms with Gasteiger partial charge in [-0.15, -0.1) is 0 Å². The van der Waals surface area contributed by atoms with Gasteiger partial charge in [0.15, 0.2) is 0 Å². The zero-order valence-electron chi connectivity index (χ0n) is 8.60. The molecule has 0 aromatic heterocycles. The van der Waals surface area contributed by atoms with E-state index < -0.39 is 13.0 Å². The summed E-state index contributed by atoms with van der Waals surface area (Å²) in [5.41, 5.74) is 0. The van der Waals surface area contributed by atoms with Gasteiger partial charge >= 0.3 is 0 Å². The maximum Gasteiger partial charge on any atom is 0.261 e. The molecule has 0 atom stereocenters. The molecule has 5 heteroatoms. The van der Waals surface area contributed by atoms with Crippen molar-refractivity contribution < 1.29 is 18.3 Å². The maximum atomic E-state index is 11.6. The van der Waals surface area contributed by atoms with Crippen molar-refractivity contribution in [2.24, 2.45) is 0 Å². The molecule has 0 amide bonds. The van der Waals surface area contributed by atoms with Crippen molar-refractivity contribution in [3.63, 3.8) is 0 Å². The first kappa shape index (κ1) is 13.7. The van der Waals surface area contributed by atoms with Gasteiger partial charge in [0.2, 0.25) is 0 Å². The standard InChI is InChI=1S/C9H19F2NO2/c1-2-13-6-3-4-12-5-7-14-8-9(10)11/h9,12H,2-8H2,1H3. The fourth-order valence-electron chi connectivity index (χ4n) is 0.885. The first-order valence-corrected chi connectivity index (χ1v) is 4.91. The number of alkyl halides is 2. The summed E-state index contributed by atoms with van der Waals surface area (Å²) in [6, 6.07) is 0. The first-order valence-electron chi connectivity index (χ1n) is 4.91. The monoisotopic (exact) mass is 211 g/mol. The number of rotatable bonds is 10. The number of hydrogen-bond acceptors (Lipinski definition) is 3. The Labute approximate surface area is 83.8 Å². The molecule has 14 heavy (non-hydrogen) atoms. The third-order valence-electron chi connectivity index (χ3n) is 1.51. The van der Waals surface area contributed by atoms with Crippen LogP contribution in [0.3, 0.4) is 0 Å². The fourth-order valence-corrected chi connectivity index (χ4v) is 0.885. The number of halogens is 2. The van der Waals surface area contributed by atoms with Crippen molar-refractivity contribution in [1.29, 1.82) is 0 Å². The highest BCUT2D eigenvalue weighted by atomic mass is 19.3. The predicted molar refractivity (Wildman–Crippen MR) is 50.8 cm³/mol. The Balaban J connectivity index is 2.85. The van der Waals surface area contributed by atoms with Gasteiger partial charge in [-0.05, 0) is 19.9 Å². The second kappa shape index (κ2) is 10.8. The molecule has 0 bridgehead atoms. The van der Waals surface area contributed by atoms with Crippen molar-refractivity contribution in [2.45, 2.75) is 19.8 Å². The van der Waals surface area contributed by atoms with Crippen LogP contribution in [-0.4, -0.2) is 45.9 Å². The molecule has 0 aliphatic heterocycles. The number of hydrogen-bond donors (Lipinski definition) is 1. The van der Waals surface area contributed by atoms with Crippen LogP contribution >= 0.6 is 0 Å². The Bertz CT molecular complexity index is 115. The van der Waals surface area contributed by atoms with Crippen LogP contribution in [0.5, 0.6) is 0 Å². The normalized spacial score (nSPS) is 11.1. The van der Waals surface area contributed by atoms with Crippen LogP contribution in [0.4, 0.5) is 8.78 Å². The molecule has 0 fully saturated rings. The van der Waals surface area contributed by atoms with Gasteiger partial charge in [-0.2, -0.15) is 0 Å². The highest BCUT2D eigenvalue weighted by Crippen LogP contribution is 1.91. The van der Waals surface area contributed by atoms with E-state index in [1.807, 2.05) is 6.92 Å². The van der Waals surface area contributed by atoms with Crippen LogP contribution in [-0.2, 0) is 9.47 Å². The zero-order chi connectivity index (χ0) is 10.6. The van der Waals surface area contributed by atoms with Gasteiger partial charge in [0.25, 0.3) is 6.43 Å². The molecule has 86 valence electrons. The topological polar surface area (TPSA) is 30.5 Å². The third-order valence-corrected chi connectivity index (χ3v) is 1.51. The fraction of sp³-hybridized carbons (Fsp3) is 1.00. The van der Waals surface area contributed by atoms with E-state index in [2.05, 4.69) is 10.1 Å². The average Bonchev–Trinajstić information content (AvgIpc) is 2.15. The van der Waals surface area contributed by atoms with Crippen molar-refractivity contribution in [1.82, 2.24) is 5.32 Å². The zero-order valence-corrected chi connectivity index (χ0v) is 8.60. The molecule has 0 saturated heterocycles. The van der Waals surface area contributed by atoms with Crippen molar-refractivity contribution in [3.8, 4) is 0 Å². The van der Waals surface area contributed by atoms with E-state index in [9.17, 15) is 8.78 Å². The molecule has 0 heterocycles. The van der Waals surface area contributed by atoms with Gasteiger partial charge in [-0.3, -0.25) is 0 Å². The van der Waals surface area contributed by atoms with Gasteiger partial charge in [0, 0.05) is 19.8 Å². The van der Waals surface area contributed by atoms with Gasteiger partial charge in [-0.1, -0.05) is 0 Å². The van der Waals surface area contributed by atoms with E-state index in [0.29, 0.717) is 13.2 Å². The van der Waals surface area contributed by atoms with Gasteiger partial charge in [-0.25, -0.2) is 8.78 Å². The Morgan fingerprint density at radius 1 is 1.14 bits per heavy atom.